The smallest absolute Gasteiger partial charge is 0.101 e. The van der Waals surface area contributed by atoms with Crippen LogP contribution in [0.25, 0.3) is 0 Å². The van der Waals surface area contributed by atoms with Crippen LogP contribution in [0.1, 0.15) is 54.9 Å². The van der Waals surface area contributed by atoms with Crippen LogP contribution in [0, 0.1) is 11.3 Å². The van der Waals surface area contributed by atoms with Gasteiger partial charge in [0, 0.05) is 7.11 Å². The first kappa shape index (κ1) is 18.6. The molecule has 4 atom stereocenters. The average molecular weight is 272 g/mol. The molecule has 3 nitrogen and oxygen atoms in total. The van der Waals surface area contributed by atoms with Crippen molar-refractivity contribution in [2.45, 2.75) is 73.2 Å². The predicted molar refractivity (Wildman–Crippen MR) is 80.1 cm³/mol. The minimum atomic E-state index is -0.846. The van der Waals surface area contributed by atoms with Gasteiger partial charge in [-0.3, -0.25) is 0 Å². The maximum atomic E-state index is 10.5. The third-order valence-electron chi connectivity index (χ3n) is 4.97. The quantitative estimate of drug-likeness (QED) is 0.700. The predicted octanol–water partition coefficient (Wildman–Crippen LogP) is 3.15. The van der Waals surface area contributed by atoms with Crippen molar-refractivity contribution in [3.05, 3.63) is 11.1 Å². The van der Waals surface area contributed by atoms with Gasteiger partial charge in [-0.2, -0.15) is 0 Å². The second-order valence-corrected chi connectivity index (χ2v) is 6.26. The SMILES string of the molecule is CC[C@H](C)C(C)(C)[C@@H](O)[C@@H](O)/C(C)=C(\C)[C@H](C)OC. The normalized spacial score (nSPS) is 20.5. The zero-order valence-corrected chi connectivity index (χ0v) is 13.8. The van der Waals surface area contributed by atoms with Gasteiger partial charge in [-0.05, 0) is 43.3 Å². The first-order valence-corrected chi connectivity index (χ1v) is 7.17. The van der Waals surface area contributed by atoms with Crippen molar-refractivity contribution in [2.75, 3.05) is 7.11 Å². The molecule has 0 saturated heterocycles. The summed E-state index contributed by atoms with van der Waals surface area (Å²) in [6.45, 7) is 14.0. The summed E-state index contributed by atoms with van der Waals surface area (Å²) in [5.41, 5.74) is 1.46. The molecule has 0 aromatic carbocycles. The van der Waals surface area contributed by atoms with Crippen molar-refractivity contribution in [3.8, 4) is 0 Å². The number of aliphatic hydroxyl groups is 2. The van der Waals surface area contributed by atoms with E-state index in [1.165, 1.54) is 0 Å². The summed E-state index contributed by atoms with van der Waals surface area (Å²) < 4.78 is 5.27. The third-order valence-corrected chi connectivity index (χ3v) is 4.97. The van der Waals surface area contributed by atoms with Crippen LogP contribution in [-0.4, -0.2) is 35.6 Å². The van der Waals surface area contributed by atoms with Crippen LogP contribution in [0.4, 0.5) is 0 Å². The fraction of sp³-hybridized carbons (Fsp3) is 0.875. The maximum Gasteiger partial charge on any atom is 0.101 e. The van der Waals surface area contributed by atoms with Crippen molar-refractivity contribution in [1.29, 1.82) is 0 Å². The van der Waals surface area contributed by atoms with Crippen molar-refractivity contribution in [2.24, 2.45) is 11.3 Å². The average Bonchev–Trinajstić information content (AvgIpc) is 2.41. The van der Waals surface area contributed by atoms with Crippen LogP contribution in [0.2, 0.25) is 0 Å². The minimum absolute atomic E-state index is 0.0476. The molecule has 0 amide bonds. The first-order chi connectivity index (χ1) is 8.61. The highest BCUT2D eigenvalue weighted by Crippen LogP contribution is 2.36. The van der Waals surface area contributed by atoms with Crippen LogP contribution in [-0.2, 0) is 4.74 Å². The van der Waals surface area contributed by atoms with E-state index in [0.717, 1.165) is 17.6 Å². The number of hydrogen-bond acceptors (Lipinski definition) is 3. The Labute approximate surface area is 118 Å². The van der Waals surface area contributed by atoms with E-state index in [9.17, 15) is 10.2 Å². The van der Waals surface area contributed by atoms with Gasteiger partial charge in [0.15, 0.2) is 0 Å². The molecule has 0 aliphatic carbocycles. The van der Waals surface area contributed by atoms with Gasteiger partial charge in [0.25, 0.3) is 0 Å². The molecule has 3 heteroatoms. The van der Waals surface area contributed by atoms with E-state index < -0.39 is 12.2 Å². The minimum Gasteiger partial charge on any atom is -0.390 e. The molecule has 0 aromatic heterocycles. The van der Waals surface area contributed by atoms with E-state index >= 15 is 0 Å². The van der Waals surface area contributed by atoms with Crippen molar-refractivity contribution < 1.29 is 14.9 Å². The lowest BCUT2D eigenvalue weighted by atomic mass is 9.71. The molecular formula is C16H32O3. The van der Waals surface area contributed by atoms with E-state index in [-0.39, 0.29) is 11.5 Å². The monoisotopic (exact) mass is 272 g/mol. The van der Waals surface area contributed by atoms with Crippen molar-refractivity contribution >= 4 is 0 Å². The molecule has 0 fully saturated rings. The van der Waals surface area contributed by atoms with Crippen LogP contribution >= 0.6 is 0 Å². The van der Waals surface area contributed by atoms with Crippen LogP contribution in [0.15, 0.2) is 11.1 Å². The first-order valence-electron chi connectivity index (χ1n) is 7.17. The maximum absolute atomic E-state index is 10.5. The highest BCUT2D eigenvalue weighted by atomic mass is 16.5. The summed E-state index contributed by atoms with van der Waals surface area (Å²) in [5, 5.41) is 20.9. The Morgan fingerprint density at radius 2 is 1.58 bits per heavy atom. The molecule has 114 valence electrons. The summed E-state index contributed by atoms with van der Waals surface area (Å²) in [4.78, 5) is 0. The van der Waals surface area contributed by atoms with Crippen molar-refractivity contribution in [1.82, 2.24) is 0 Å². The molecule has 0 spiro atoms. The molecule has 0 heterocycles. The Hall–Kier alpha value is -0.380. The van der Waals surface area contributed by atoms with Gasteiger partial charge >= 0.3 is 0 Å². The topological polar surface area (TPSA) is 49.7 Å². The van der Waals surface area contributed by atoms with Gasteiger partial charge in [-0.25, -0.2) is 0 Å². The molecule has 2 N–H and O–H groups in total. The second kappa shape index (κ2) is 7.41. The zero-order valence-electron chi connectivity index (χ0n) is 13.8. The van der Waals surface area contributed by atoms with Crippen LogP contribution in [0.5, 0.6) is 0 Å². The molecule has 0 bridgehead atoms. The Morgan fingerprint density at radius 1 is 1.11 bits per heavy atom. The molecular weight excluding hydrogens is 240 g/mol. The summed E-state index contributed by atoms with van der Waals surface area (Å²) in [7, 11) is 1.65. The van der Waals surface area contributed by atoms with Gasteiger partial charge in [0.05, 0.1) is 12.2 Å². The molecule has 0 radical (unpaired) electrons. The van der Waals surface area contributed by atoms with E-state index in [4.69, 9.17) is 4.74 Å². The Kier molecular flexibility index (Phi) is 7.27. The van der Waals surface area contributed by atoms with Gasteiger partial charge in [0.2, 0.25) is 0 Å². The van der Waals surface area contributed by atoms with E-state index in [1.54, 1.807) is 7.11 Å². The number of methoxy groups -OCH3 is 1. The highest BCUT2D eigenvalue weighted by molar-refractivity contribution is 5.19. The molecule has 0 saturated carbocycles. The van der Waals surface area contributed by atoms with Crippen molar-refractivity contribution in [3.63, 3.8) is 0 Å². The second-order valence-electron chi connectivity index (χ2n) is 6.26. The Morgan fingerprint density at radius 3 is 1.95 bits per heavy atom. The number of rotatable bonds is 7. The van der Waals surface area contributed by atoms with Gasteiger partial charge < -0.3 is 14.9 Å². The lowest BCUT2D eigenvalue weighted by molar-refractivity contribution is -0.0595. The number of hydrogen-bond donors (Lipinski definition) is 2. The van der Waals surface area contributed by atoms with Crippen LogP contribution < -0.4 is 0 Å². The lowest BCUT2D eigenvalue weighted by Gasteiger charge is -2.39. The van der Waals surface area contributed by atoms with Gasteiger partial charge in [-0.1, -0.05) is 34.1 Å². The number of ether oxygens (including phenoxy) is 1. The molecule has 19 heavy (non-hydrogen) atoms. The summed E-state index contributed by atoms with van der Waals surface area (Å²) in [6, 6.07) is 0. The third kappa shape index (κ3) is 4.30. The lowest BCUT2D eigenvalue weighted by Crippen LogP contribution is -2.44. The fourth-order valence-electron chi connectivity index (χ4n) is 2.19. The zero-order chi connectivity index (χ0) is 15.4. The van der Waals surface area contributed by atoms with Gasteiger partial charge in [0.1, 0.15) is 6.10 Å². The summed E-state index contributed by atoms with van der Waals surface area (Å²) in [6.07, 6.45) is -0.691. The number of aliphatic hydroxyl groups excluding tert-OH is 2. The van der Waals surface area contributed by atoms with E-state index in [2.05, 4.69) is 13.8 Å². The summed E-state index contributed by atoms with van der Waals surface area (Å²) >= 11 is 0. The Balaban J connectivity index is 5.16. The Bertz CT molecular complexity index is 307. The van der Waals surface area contributed by atoms with E-state index in [0.29, 0.717) is 5.92 Å². The molecule has 0 aliphatic heterocycles. The molecule has 0 aromatic rings. The van der Waals surface area contributed by atoms with Crippen LogP contribution in [0.3, 0.4) is 0 Å². The molecule has 0 aliphatic rings. The van der Waals surface area contributed by atoms with E-state index in [1.807, 2.05) is 34.6 Å². The fourth-order valence-corrected chi connectivity index (χ4v) is 2.19. The molecule has 0 rings (SSSR count). The standard InChI is InChI=1S/C16H32O3/c1-9-10(2)16(6,7)15(18)14(17)12(4)11(3)13(5)19-8/h10,13-15,17-18H,9H2,1-8H3/b12-11+/t10-,13-,14-,15-/m0/s1. The summed E-state index contributed by atoms with van der Waals surface area (Å²) in [5.74, 6) is 0.338. The molecule has 0 unspecified atom stereocenters. The highest BCUT2D eigenvalue weighted by Gasteiger charge is 2.38. The van der Waals surface area contributed by atoms with Gasteiger partial charge in [-0.15, -0.1) is 0 Å². The largest absolute Gasteiger partial charge is 0.390 e.